The van der Waals surface area contributed by atoms with Gasteiger partial charge in [-0.25, -0.2) is 0 Å². The summed E-state index contributed by atoms with van der Waals surface area (Å²) in [5.74, 6) is -1.66. The predicted octanol–water partition coefficient (Wildman–Crippen LogP) is 2.14. The first-order valence-electron chi connectivity index (χ1n) is 7.83. The second-order valence-corrected chi connectivity index (χ2v) is 6.20. The molecule has 3 rings (SSSR count). The van der Waals surface area contributed by atoms with Crippen LogP contribution in [0.5, 0.6) is 0 Å². The lowest BCUT2D eigenvalue weighted by molar-refractivity contribution is -0.137. The van der Waals surface area contributed by atoms with Gasteiger partial charge in [-0.1, -0.05) is 0 Å². The molecule has 2 N–H and O–H groups in total. The van der Waals surface area contributed by atoms with E-state index >= 15 is 0 Å². The van der Waals surface area contributed by atoms with Crippen molar-refractivity contribution in [3.63, 3.8) is 0 Å². The number of nitrogens with zero attached hydrogens (tertiary/aromatic N) is 2. The smallest absolute Gasteiger partial charge is 0.370 e. The number of hydrogen-bond acceptors (Lipinski definition) is 3. The number of amides is 2. The van der Waals surface area contributed by atoms with Crippen molar-refractivity contribution < 1.29 is 22.8 Å². The molecule has 8 heteroatoms. The van der Waals surface area contributed by atoms with E-state index in [-0.39, 0.29) is 24.6 Å². The van der Waals surface area contributed by atoms with Crippen LogP contribution in [0.25, 0.3) is 0 Å². The lowest BCUT2D eigenvalue weighted by Crippen LogP contribution is -2.30. The molecule has 2 fully saturated rings. The fourth-order valence-corrected chi connectivity index (χ4v) is 3.27. The van der Waals surface area contributed by atoms with Crippen LogP contribution in [0.15, 0.2) is 18.2 Å². The Hall–Kier alpha value is -2.25. The summed E-state index contributed by atoms with van der Waals surface area (Å²) in [6, 6.07) is 3.44. The van der Waals surface area contributed by atoms with Crippen molar-refractivity contribution in [1.29, 1.82) is 0 Å². The van der Waals surface area contributed by atoms with E-state index in [0.29, 0.717) is 5.69 Å². The molecular formula is C16H18F3N3O2. The van der Waals surface area contributed by atoms with Crippen molar-refractivity contribution in [2.24, 2.45) is 11.7 Å². The zero-order valence-electron chi connectivity index (χ0n) is 13.0. The minimum absolute atomic E-state index is 0.0241. The van der Waals surface area contributed by atoms with Gasteiger partial charge in [0.05, 0.1) is 22.9 Å². The third kappa shape index (κ3) is 3.05. The second-order valence-electron chi connectivity index (χ2n) is 6.20. The first-order chi connectivity index (χ1) is 11.3. The average Bonchev–Trinajstić information content (AvgIpc) is 3.15. The van der Waals surface area contributed by atoms with Crippen LogP contribution in [0, 0.1) is 5.92 Å². The number of halogens is 3. The first-order valence-corrected chi connectivity index (χ1v) is 7.83. The van der Waals surface area contributed by atoms with E-state index in [2.05, 4.69) is 0 Å². The van der Waals surface area contributed by atoms with Gasteiger partial charge in [0.2, 0.25) is 11.8 Å². The molecule has 130 valence electrons. The number of nitrogens with two attached hydrogens (primary N) is 1. The van der Waals surface area contributed by atoms with Crippen molar-refractivity contribution in [2.75, 3.05) is 29.4 Å². The number of carbonyl (C=O) groups is 2. The number of benzene rings is 1. The fraction of sp³-hybridized carbons (Fsp3) is 0.500. The molecule has 2 aliphatic heterocycles. The molecule has 0 radical (unpaired) electrons. The van der Waals surface area contributed by atoms with Crippen molar-refractivity contribution in [3.05, 3.63) is 23.8 Å². The summed E-state index contributed by atoms with van der Waals surface area (Å²) < 4.78 is 39.2. The maximum absolute atomic E-state index is 13.1. The SMILES string of the molecule is NC(=O)[C@H]1CC(=O)N(c2cc(C(F)(F)F)ccc2N2CCCC2)C1. The average molecular weight is 341 g/mol. The molecule has 0 bridgehead atoms. The summed E-state index contributed by atoms with van der Waals surface area (Å²) in [6.07, 6.45) is -2.65. The van der Waals surface area contributed by atoms with E-state index in [1.165, 1.54) is 11.0 Å². The van der Waals surface area contributed by atoms with Gasteiger partial charge >= 0.3 is 6.18 Å². The maximum atomic E-state index is 13.1. The normalized spacial score (nSPS) is 21.6. The van der Waals surface area contributed by atoms with E-state index in [0.717, 1.165) is 38.1 Å². The Bertz CT molecular complexity index is 669. The molecule has 1 atom stereocenters. The van der Waals surface area contributed by atoms with Crippen LogP contribution in [-0.4, -0.2) is 31.4 Å². The minimum Gasteiger partial charge on any atom is -0.370 e. The van der Waals surface area contributed by atoms with Gasteiger partial charge in [0.1, 0.15) is 0 Å². The van der Waals surface area contributed by atoms with Crippen molar-refractivity contribution in [3.8, 4) is 0 Å². The Labute approximate surface area is 137 Å². The van der Waals surface area contributed by atoms with E-state index in [9.17, 15) is 22.8 Å². The predicted molar refractivity (Wildman–Crippen MR) is 82.5 cm³/mol. The number of carbonyl (C=O) groups excluding carboxylic acids is 2. The molecule has 24 heavy (non-hydrogen) atoms. The number of rotatable bonds is 3. The molecule has 2 amide bonds. The topological polar surface area (TPSA) is 66.6 Å². The van der Waals surface area contributed by atoms with Crippen LogP contribution < -0.4 is 15.5 Å². The standard InChI is InChI=1S/C16H18F3N3O2/c17-16(18,19)11-3-4-12(21-5-1-2-6-21)13(8-11)22-9-10(15(20)24)7-14(22)23/h3-4,8,10H,1-2,5-7,9H2,(H2,20,24)/t10-/m0/s1. The highest BCUT2D eigenvalue weighted by molar-refractivity contribution is 6.02. The molecule has 0 aliphatic carbocycles. The molecule has 1 aromatic carbocycles. The highest BCUT2D eigenvalue weighted by atomic mass is 19.4. The maximum Gasteiger partial charge on any atom is 0.416 e. The molecule has 0 unspecified atom stereocenters. The Kier molecular flexibility index (Phi) is 4.15. The summed E-state index contributed by atoms with van der Waals surface area (Å²) in [4.78, 5) is 26.8. The van der Waals surface area contributed by atoms with E-state index in [1.54, 1.807) is 0 Å². The first kappa shape index (κ1) is 16.6. The van der Waals surface area contributed by atoms with Crippen molar-refractivity contribution in [2.45, 2.75) is 25.4 Å². The van der Waals surface area contributed by atoms with E-state index < -0.39 is 23.6 Å². The van der Waals surface area contributed by atoms with Gasteiger partial charge in [0.15, 0.2) is 0 Å². The lowest BCUT2D eigenvalue weighted by Gasteiger charge is -2.27. The fourth-order valence-electron chi connectivity index (χ4n) is 3.27. The molecule has 2 aliphatic rings. The molecule has 1 aromatic rings. The van der Waals surface area contributed by atoms with Crippen molar-refractivity contribution in [1.82, 2.24) is 0 Å². The molecule has 0 spiro atoms. The second kappa shape index (κ2) is 5.99. The summed E-state index contributed by atoms with van der Waals surface area (Å²) in [7, 11) is 0. The summed E-state index contributed by atoms with van der Waals surface area (Å²) in [6.45, 7) is 1.50. The third-order valence-electron chi connectivity index (χ3n) is 4.57. The van der Waals surface area contributed by atoms with Gasteiger partial charge in [-0.2, -0.15) is 13.2 Å². The monoisotopic (exact) mass is 341 g/mol. The van der Waals surface area contributed by atoms with Crippen LogP contribution in [0.3, 0.4) is 0 Å². The lowest BCUT2D eigenvalue weighted by atomic mass is 10.1. The Morgan fingerprint density at radius 1 is 1.17 bits per heavy atom. The molecule has 0 aromatic heterocycles. The highest BCUT2D eigenvalue weighted by Gasteiger charge is 2.38. The van der Waals surface area contributed by atoms with Gasteiger partial charge in [-0.3, -0.25) is 9.59 Å². The van der Waals surface area contributed by atoms with Crippen LogP contribution in [0.1, 0.15) is 24.8 Å². The van der Waals surface area contributed by atoms with Gasteiger partial charge in [0, 0.05) is 26.1 Å². The number of hydrogen-bond donors (Lipinski definition) is 1. The largest absolute Gasteiger partial charge is 0.416 e. The number of anilines is 2. The third-order valence-corrected chi connectivity index (χ3v) is 4.57. The Morgan fingerprint density at radius 2 is 1.83 bits per heavy atom. The zero-order chi connectivity index (χ0) is 17.5. The van der Waals surface area contributed by atoms with Gasteiger partial charge < -0.3 is 15.5 Å². The van der Waals surface area contributed by atoms with Gasteiger partial charge in [-0.05, 0) is 31.0 Å². The van der Waals surface area contributed by atoms with Gasteiger partial charge in [0.25, 0.3) is 0 Å². The molecule has 5 nitrogen and oxygen atoms in total. The number of primary amides is 1. The van der Waals surface area contributed by atoms with Crippen LogP contribution in [0.4, 0.5) is 24.5 Å². The van der Waals surface area contributed by atoms with Crippen LogP contribution in [0.2, 0.25) is 0 Å². The van der Waals surface area contributed by atoms with Gasteiger partial charge in [-0.15, -0.1) is 0 Å². The molecule has 2 saturated heterocycles. The molecular weight excluding hydrogens is 323 g/mol. The zero-order valence-corrected chi connectivity index (χ0v) is 13.0. The van der Waals surface area contributed by atoms with Crippen LogP contribution in [-0.2, 0) is 15.8 Å². The Morgan fingerprint density at radius 3 is 2.38 bits per heavy atom. The minimum atomic E-state index is -4.50. The van der Waals surface area contributed by atoms with Crippen LogP contribution >= 0.6 is 0 Å². The highest BCUT2D eigenvalue weighted by Crippen LogP contribution is 2.40. The van der Waals surface area contributed by atoms with E-state index in [1.807, 2.05) is 4.90 Å². The Balaban J connectivity index is 2.02. The summed E-state index contributed by atoms with van der Waals surface area (Å²) >= 11 is 0. The molecule has 0 saturated carbocycles. The number of alkyl halides is 3. The summed E-state index contributed by atoms with van der Waals surface area (Å²) in [5.41, 5.74) is 5.25. The summed E-state index contributed by atoms with van der Waals surface area (Å²) in [5, 5.41) is 0. The van der Waals surface area contributed by atoms with Crippen molar-refractivity contribution >= 4 is 23.2 Å². The molecule has 2 heterocycles. The van der Waals surface area contributed by atoms with E-state index in [4.69, 9.17) is 5.73 Å². The quantitative estimate of drug-likeness (QED) is 0.916.